The third kappa shape index (κ3) is 4.69. The van der Waals surface area contributed by atoms with Crippen LogP contribution in [0.5, 0.6) is 5.75 Å². The van der Waals surface area contributed by atoms with Gasteiger partial charge in [-0.15, -0.1) is 0 Å². The Balaban J connectivity index is 2.07. The molecule has 8 nitrogen and oxygen atoms in total. The van der Waals surface area contributed by atoms with Crippen molar-refractivity contribution in [2.24, 2.45) is 5.41 Å². The van der Waals surface area contributed by atoms with Crippen LogP contribution in [-0.4, -0.2) is 47.9 Å². The Kier molecular flexibility index (Phi) is 6.48. The van der Waals surface area contributed by atoms with E-state index in [1.54, 1.807) is 56.6 Å². The van der Waals surface area contributed by atoms with Gasteiger partial charge in [0, 0.05) is 20.1 Å². The minimum atomic E-state index is -0.557. The van der Waals surface area contributed by atoms with Crippen LogP contribution in [0.25, 0.3) is 0 Å². The number of hydrogen-bond acceptors (Lipinski definition) is 6. The first-order valence-corrected chi connectivity index (χ1v) is 10.7. The molecule has 1 heterocycles. The highest BCUT2D eigenvalue weighted by Gasteiger charge is 2.41. The molecule has 1 aliphatic heterocycles. The van der Waals surface area contributed by atoms with Crippen LogP contribution in [0.2, 0.25) is 0 Å². The molecule has 0 fully saturated rings. The van der Waals surface area contributed by atoms with Crippen LogP contribution in [-0.2, 0) is 9.59 Å². The Labute approximate surface area is 193 Å². The maximum atomic E-state index is 13.4. The zero-order chi connectivity index (χ0) is 24.5. The van der Waals surface area contributed by atoms with Crippen LogP contribution in [0.15, 0.2) is 59.9 Å². The standard InChI is InChI=1S/C25H30N4O4/c1-15(25(2,3)4)26-19-20(24(33)29(23(19)32)16-11-8-7-9-12-16)27-18-14-10-13-17(21(18)30)22(31)28(5)6/h7-15,26-27,30H,1-6H3/t15-/m1/s1. The first-order chi connectivity index (χ1) is 15.4. The summed E-state index contributed by atoms with van der Waals surface area (Å²) in [6.07, 6.45) is 0. The van der Waals surface area contributed by atoms with Gasteiger partial charge in [0.25, 0.3) is 17.7 Å². The summed E-state index contributed by atoms with van der Waals surface area (Å²) in [4.78, 5) is 41.6. The molecular formula is C25H30N4O4. The number of imide groups is 1. The van der Waals surface area contributed by atoms with E-state index in [1.807, 2.05) is 27.7 Å². The average molecular weight is 451 g/mol. The second kappa shape index (κ2) is 8.97. The smallest absolute Gasteiger partial charge is 0.284 e. The molecule has 0 aromatic heterocycles. The fraction of sp³-hybridized carbons (Fsp3) is 0.320. The molecule has 0 aliphatic carbocycles. The van der Waals surface area contributed by atoms with Crippen molar-refractivity contribution >= 4 is 29.1 Å². The van der Waals surface area contributed by atoms with Crippen molar-refractivity contribution in [2.45, 2.75) is 33.7 Å². The minimum Gasteiger partial charge on any atom is -0.505 e. The normalized spacial score (nSPS) is 15.0. The van der Waals surface area contributed by atoms with Crippen LogP contribution >= 0.6 is 0 Å². The zero-order valence-electron chi connectivity index (χ0n) is 19.8. The van der Waals surface area contributed by atoms with Crippen molar-refractivity contribution in [2.75, 3.05) is 24.3 Å². The highest BCUT2D eigenvalue weighted by molar-refractivity contribution is 6.33. The molecule has 0 unspecified atom stereocenters. The number of phenolic OH excluding ortho intramolecular Hbond substituents is 1. The van der Waals surface area contributed by atoms with E-state index in [2.05, 4.69) is 10.6 Å². The summed E-state index contributed by atoms with van der Waals surface area (Å²) >= 11 is 0. The molecule has 2 aromatic carbocycles. The summed E-state index contributed by atoms with van der Waals surface area (Å²) in [6, 6.07) is 13.1. The van der Waals surface area contributed by atoms with Crippen LogP contribution in [0, 0.1) is 5.41 Å². The van der Waals surface area contributed by atoms with Crippen molar-refractivity contribution in [1.29, 1.82) is 0 Å². The lowest BCUT2D eigenvalue weighted by Crippen LogP contribution is -2.41. The molecule has 8 heteroatoms. The Bertz CT molecular complexity index is 1120. The van der Waals surface area contributed by atoms with Gasteiger partial charge in [-0.25, -0.2) is 4.90 Å². The molecule has 0 spiro atoms. The van der Waals surface area contributed by atoms with Crippen LogP contribution in [0.3, 0.4) is 0 Å². The topological polar surface area (TPSA) is 102 Å². The third-order valence-electron chi connectivity index (χ3n) is 5.69. The summed E-state index contributed by atoms with van der Waals surface area (Å²) < 4.78 is 0. The summed E-state index contributed by atoms with van der Waals surface area (Å²) in [7, 11) is 3.16. The van der Waals surface area contributed by atoms with Crippen molar-refractivity contribution in [3.05, 3.63) is 65.5 Å². The number of amides is 3. The van der Waals surface area contributed by atoms with E-state index >= 15 is 0 Å². The van der Waals surface area contributed by atoms with Crippen molar-refractivity contribution in [3.63, 3.8) is 0 Å². The number of benzene rings is 2. The molecule has 0 saturated heterocycles. The number of carbonyl (C=O) groups is 3. The van der Waals surface area contributed by atoms with Crippen LogP contribution in [0.1, 0.15) is 38.1 Å². The van der Waals surface area contributed by atoms with Gasteiger partial charge >= 0.3 is 0 Å². The van der Waals surface area contributed by atoms with Crippen LogP contribution in [0.4, 0.5) is 11.4 Å². The number of aromatic hydroxyl groups is 1. The van der Waals surface area contributed by atoms with Gasteiger partial charge in [-0.05, 0) is 36.6 Å². The molecule has 3 amide bonds. The highest BCUT2D eigenvalue weighted by atomic mass is 16.3. The van der Waals surface area contributed by atoms with E-state index in [0.29, 0.717) is 5.69 Å². The summed E-state index contributed by atoms with van der Waals surface area (Å²) in [5.74, 6) is -1.74. The lowest BCUT2D eigenvalue weighted by atomic mass is 9.88. The highest BCUT2D eigenvalue weighted by Crippen LogP contribution is 2.33. The molecule has 1 aliphatic rings. The monoisotopic (exact) mass is 450 g/mol. The van der Waals surface area contributed by atoms with Crippen molar-refractivity contribution in [3.8, 4) is 5.75 Å². The van der Waals surface area contributed by atoms with E-state index in [4.69, 9.17) is 0 Å². The van der Waals surface area contributed by atoms with E-state index in [0.717, 1.165) is 4.90 Å². The number of rotatable bonds is 6. The number of phenols is 1. The predicted molar refractivity (Wildman–Crippen MR) is 128 cm³/mol. The van der Waals surface area contributed by atoms with Crippen molar-refractivity contribution < 1.29 is 19.5 Å². The Morgan fingerprint density at radius 3 is 2.15 bits per heavy atom. The fourth-order valence-corrected chi connectivity index (χ4v) is 3.22. The number of hydrogen-bond donors (Lipinski definition) is 3. The third-order valence-corrected chi connectivity index (χ3v) is 5.69. The Morgan fingerprint density at radius 1 is 0.970 bits per heavy atom. The van der Waals surface area contributed by atoms with Crippen molar-refractivity contribution in [1.82, 2.24) is 10.2 Å². The summed E-state index contributed by atoms with van der Waals surface area (Å²) in [5, 5.41) is 16.8. The quantitative estimate of drug-likeness (QED) is 0.461. The number of carbonyl (C=O) groups excluding carboxylic acids is 3. The van der Waals surface area contributed by atoms with Gasteiger partial charge in [-0.3, -0.25) is 14.4 Å². The Morgan fingerprint density at radius 2 is 1.58 bits per heavy atom. The first kappa shape index (κ1) is 23.8. The predicted octanol–water partition coefficient (Wildman–Crippen LogP) is 3.32. The molecule has 2 aromatic rings. The largest absolute Gasteiger partial charge is 0.505 e. The first-order valence-electron chi connectivity index (χ1n) is 10.7. The maximum absolute atomic E-state index is 13.4. The summed E-state index contributed by atoms with van der Waals surface area (Å²) in [6.45, 7) is 8.01. The molecule has 0 bridgehead atoms. The Hall–Kier alpha value is -3.81. The maximum Gasteiger partial charge on any atom is 0.284 e. The lowest BCUT2D eigenvalue weighted by Gasteiger charge is -2.29. The molecule has 3 rings (SSSR count). The molecule has 0 radical (unpaired) electrons. The summed E-state index contributed by atoms with van der Waals surface area (Å²) in [5.41, 5.74) is 0.589. The second-order valence-corrected chi connectivity index (χ2v) is 9.29. The van der Waals surface area contributed by atoms with Gasteiger partial charge in [0.1, 0.15) is 11.4 Å². The average Bonchev–Trinajstić information content (AvgIpc) is 2.98. The molecular weight excluding hydrogens is 420 g/mol. The number of para-hydroxylation sites is 2. The fourth-order valence-electron chi connectivity index (χ4n) is 3.22. The molecule has 1 atom stereocenters. The van der Waals surface area contributed by atoms with Gasteiger partial charge in [0.05, 0.1) is 16.9 Å². The number of nitrogens with one attached hydrogen (secondary N) is 2. The van der Waals surface area contributed by atoms with Gasteiger partial charge in [0.2, 0.25) is 0 Å². The van der Waals surface area contributed by atoms with Gasteiger partial charge < -0.3 is 20.6 Å². The van der Waals surface area contributed by atoms with Gasteiger partial charge in [-0.1, -0.05) is 45.0 Å². The number of nitrogens with zero attached hydrogens (tertiary/aromatic N) is 2. The van der Waals surface area contributed by atoms with Gasteiger partial charge in [-0.2, -0.15) is 0 Å². The zero-order valence-corrected chi connectivity index (χ0v) is 19.8. The van der Waals surface area contributed by atoms with Crippen LogP contribution < -0.4 is 15.5 Å². The van der Waals surface area contributed by atoms with E-state index < -0.39 is 11.8 Å². The van der Waals surface area contributed by atoms with E-state index in [-0.39, 0.29) is 45.8 Å². The minimum absolute atomic E-state index is 0.00436. The molecule has 0 saturated carbocycles. The molecule has 33 heavy (non-hydrogen) atoms. The SMILES string of the molecule is C[C@@H](NC1=C(Nc2cccc(C(=O)N(C)C)c2O)C(=O)N(c2ccccc2)C1=O)C(C)(C)C. The molecule has 174 valence electrons. The number of anilines is 2. The lowest BCUT2D eigenvalue weighted by molar-refractivity contribution is -0.120. The second-order valence-electron chi connectivity index (χ2n) is 9.29. The molecule has 3 N–H and O–H groups in total. The van der Waals surface area contributed by atoms with E-state index in [1.165, 1.54) is 11.0 Å². The van der Waals surface area contributed by atoms with E-state index in [9.17, 15) is 19.5 Å². The van der Waals surface area contributed by atoms with Gasteiger partial charge in [0.15, 0.2) is 5.75 Å².